The Morgan fingerprint density at radius 3 is 2.52 bits per heavy atom. The van der Waals surface area contributed by atoms with Crippen molar-refractivity contribution >= 4 is 5.91 Å². The average molecular weight is 363 g/mol. The number of hydrogen-bond acceptors (Lipinski definition) is 6. The van der Waals surface area contributed by atoms with Crippen molar-refractivity contribution in [2.24, 2.45) is 0 Å². The Kier molecular flexibility index (Phi) is 5.38. The van der Waals surface area contributed by atoms with Crippen molar-refractivity contribution < 1.29 is 18.8 Å². The van der Waals surface area contributed by atoms with Gasteiger partial charge >= 0.3 is 0 Å². The van der Waals surface area contributed by atoms with Crippen LogP contribution < -0.4 is 14.8 Å². The van der Waals surface area contributed by atoms with Gasteiger partial charge in [-0.25, -0.2) is 0 Å². The topological polar surface area (TPSA) is 97.4 Å². The Labute approximate surface area is 156 Å². The molecule has 136 valence electrons. The summed E-state index contributed by atoms with van der Waals surface area (Å²) in [6.07, 6.45) is 0. The van der Waals surface area contributed by atoms with Gasteiger partial charge in [0.05, 0.1) is 32.4 Å². The number of aromatic nitrogens is 1. The number of ether oxygens (including phenoxy) is 2. The van der Waals surface area contributed by atoms with Crippen LogP contribution in [-0.2, 0) is 6.54 Å². The van der Waals surface area contributed by atoms with Gasteiger partial charge in [0.1, 0.15) is 5.69 Å². The second-order valence-electron chi connectivity index (χ2n) is 5.62. The molecule has 0 bridgehead atoms. The lowest BCUT2D eigenvalue weighted by Gasteiger charge is -2.07. The molecule has 0 fully saturated rings. The molecule has 0 saturated heterocycles. The van der Waals surface area contributed by atoms with Crippen LogP contribution in [0.4, 0.5) is 0 Å². The SMILES string of the molecule is COc1ccc(-c2cc(CNC(=O)c3ccc(C#N)cc3)no2)cc1OC. The number of nitrogens with zero attached hydrogens (tertiary/aromatic N) is 2. The highest BCUT2D eigenvalue weighted by Crippen LogP contribution is 2.32. The molecule has 0 atom stereocenters. The first-order chi connectivity index (χ1) is 13.1. The molecule has 3 rings (SSSR count). The zero-order chi connectivity index (χ0) is 19.2. The van der Waals surface area contributed by atoms with Crippen molar-refractivity contribution in [3.8, 4) is 28.9 Å². The van der Waals surface area contributed by atoms with E-state index in [1.54, 1.807) is 56.7 Å². The van der Waals surface area contributed by atoms with Crippen LogP contribution in [0, 0.1) is 11.3 Å². The monoisotopic (exact) mass is 363 g/mol. The third-order valence-electron chi connectivity index (χ3n) is 3.93. The van der Waals surface area contributed by atoms with E-state index in [0.717, 1.165) is 5.56 Å². The molecule has 0 aliphatic rings. The van der Waals surface area contributed by atoms with Crippen molar-refractivity contribution in [1.82, 2.24) is 10.5 Å². The first kappa shape index (κ1) is 18.0. The number of rotatable bonds is 6. The van der Waals surface area contributed by atoms with Gasteiger partial charge in [0.15, 0.2) is 17.3 Å². The number of carbonyl (C=O) groups excluding carboxylic acids is 1. The third-order valence-corrected chi connectivity index (χ3v) is 3.93. The summed E-state index contributed by atoms with van der Waals surface area (Å²) in [5.41, 5.74) is 2.34. The Balaban J connectivity index is 1.67. The van der Waals surface area contributed by atoms with Crippen molar-refractivity contribution in [2.75, 3.05) is 14.2 Å². The van der Waals surface area contributed by atoms with Crippen molar-refractivity contribution in [3.05, 3.63) is 65.4 Å². The summed E-state index contributed by atoms with van der Waals surface area (Å²) < 4.78 is 15.9. The molecule has 1 N–H and O–H groups in total. The molecular weight excluding hydrogens is 346 g/mol. The average Bonchev–Trinajstić information content (AvgIpc) is 3.20. The number of nitriles is 1. The summed E-state index contributed by atoms with van der Waals surface area (Å²) in [4.78, 5) is 12.2. The summed E-state index contributed by atoms with van der Waals surface area (Å²) in [5, 5.41) is 15.5. The second kappa shape index (κ2) is 8.06. The minimum atomic E-state index is -0.254. The van der Waals surface area contributed by atoms with E-state index in [0.29, 0.717) is 34.1 Å². The Bertz CT molecular complexity index is 987. The molecule has 0 radical (unpaired) electrons. The van der Waals surface area contributed by atoms with Crippen molar-refractivity contribution in [2.45, 2.75) is 6.54 Å². The van der Waals surface area contributed by atoms with E-state index in [4.69, 9.17) is 19.3 Å². The normalized spacial score (nSPS) is 10.1. The number of benzene rings is 2. The molecule has 0 aliphatic carbocycles. The molecule has 1 amide bonds. The van der Waals surface area contributed by atoms with Gasteiger partial charge in [-0.05, 0) is 42.5 Å². The van der Waals surface area contributed by atoms with Crippen molar-refractivity contribution in [1.29, 1.82) is 5.26 Å². The first-order valence-electron chi connectivity index (χ1n) is 8.11. The molecule has 0 saturated carbocycles. The summed E-state index contributed by atoms with van der Waals surface area (Å²) >= 11 is 0. The quantitative estimate of drug-likeness (QED) is 0.722. The molecule has 0 unspecified atom stereocenters. The predicted octanol–water partition coefficient (Wildman–Crippen LogP) is 3.16. The first-order valence-corrected chi connectivity index (χ1v) is 8.11. The molecule has 27 heavy (non-hydrogen) atoms. The standard InChI is InChI=1S/C20H17N3O4/c1-25-17-8-7-15(9-19(17)26-2)18-10-16(23-27-18)12-22-20(24)14-5-3-13(11-21)4-6-14/h3-10H,12H2,1-2H3,(H,22,24). The van der Waals surface area contributed by atoms with Gasteiger partial charge in [0, 0.05) is 17.2 Å². The van der Waals surface area contributed by atoms with Gasteiger partial charge in [-0.3, -0.25) is 4.79 Å². The molecule has 7 nitrogen and oxygen atoms in total. The molecule has 1 heterocycles. The van der Waals surface area contributed by atoms with E-state index >= 15 is 0 Å². The number of carbonyl (C=O) groups is 1. The fourth-order valence-corrected chi connectivity index (χ4v) is 2.49. The zero-order valence-corrected chi connectivity index (χ0v) is 14.9. The number of amides is 1. The molecule has 0 spiro atoms. The van der Waals surface area contributed by atoms with Gasteiger partial charge < -0.3 is 19.3 Å². The van der Waals surface area contributed by atoms with Gasteiger partial charge in [0.2, 0.25) is 0 Å². The second-order valence-corrected chi connectivity index (χ2v) is 5.62. The van der Waals surface area contributed by atoms with Crippen LogP contribution in [0.15, 0.2) is 53.1 Å². The Morgan fingerprint density at radius 2 is 1.85 bits per heavy atom. The number of nitrogens with one attached hydrogen (secondary N) is 1. The van der Waals surface area contributed by atoms with Crippen LogP contribution >= 0.6 is 0 Å². The summed E-state index contributed by atoms with van der Waals surface area (Å²) in [6, 6.07) is 15.6. The largest absolute Gasteiger partial charge is 0.493 e. The van der Waals surface area contributed by atoms with Crippen LogP contribution in [0.5, 0.6) is 11.5 Å². The minimum absolute atomic E-state index is 0.218. The lowest BCUT2D eigenvalue weighted by molar-refractivity contribution is 0.0950. The maximum absolute atomic E-state index is 12.2. The molecular formula is C20H17N3O4. The lowest BCUT2D eigenvalue weighted by atomic mass is 10.1. The van der Waals surface area contributed by atoms with E-state index in [1.807, 2.05) is 12.1 Å². The fraction of sp³-hybridized carbons (Fsp3) is 0.150. The molecule has 7 heteroatoms. The maximum Gasteiger partial charge on any atom is 0.251 e. The number of hydrogen-bond donors (Lipinski definition) is 1. The highest BCUT2D eigenvalue weighted by Gasteiger charge is 2.12. The smallest absolute Gasteiger partial charge is 0.251 e. The van der Waals surface area contributed by atoms with Crippen LogP contribution in [-0.4, -0.2) is 25.3 Å². The third kappa shape index (κ3) is 4.07. The van der Waals surface area contributed by atoms with Gasteiger partial charge in [0.25, 0.3) is 5.91 Å². The molecule has 0 aliphatic heterocycles. The van der Waals surface area contributed by atoms with E-state index in [-0.39, 0.29) is 12.5 Å². The minimum Gasteiger partial charge on any atom is -0.493 e. The van der Waals surface area contributed by atoms with Gasteiger partial charge in [-0.1, -0.05) is 5.16 Å². The number of methoxy groups -OCH3 is 2. The lowest BCUT2D eigenvalue weighted by Crippen LogP contribution is -2.22. The molecule has 2 aromatic carbocycles. The van der Waals surface area contributed by atoms with Gasteiger partial charge in [-0.15, -0.1) is 0 Å². The molecule has 1 aromatic heterocycles. The molecule has 3 aromatic rings. The summed E-state index contributed by atoms with van der Waals surface area (Å²) in [7, 11) is 3.13. The van der Waals surface area contributed by atoms with E-state index in [2.05, 4.69) is 10.5 Å². The van der Waals surface area contributed by atoms with Crippen LogP contribution in [0.25, 0.3) is 11.3 Å². The highest BCUT2D eigenvalue weighted by molar-refractivity contribution is 5.94. The summed E-state index contributed by atoms with van der Waals surface area (Å²) in [6.45, 7) is 0.218. The van der Waals surface area contributed by atoms with Crippen LogP contribution in [0.1, 0.15) is 21.6 Å². The summed E-state index contributed by atoms with van der Waals surface area (Å²) in [5.74, 6) is 1.51. The van der Waals surface area contributed by atoms with Crippen molar-refractivity contribution in [3.63, 3.8) is 0 Å². The Hall–Kier alpha value is -3.79. The van der Waals surface area contributed by atoms with E-state index < -0.39 is 0 Å². The van der Waals surface area contributed by atoms with E-state index in [9.17, 15) is 4.79 Å². The maximum atomic E-state index is 12.2. The zero-order valence-electron chi connectivity index (χ0n) is 14.9. The Morgan fingerprint density at radius 1 is 1.11 bits per heavy atom. The highest BCUT2D eigenvalue weighted by atomic mass is 16.5. The van der Waals surface area contributed by atoms with E-state index in [1.165, 1.54) is 0 Å². The fourth-order valence-electron chi connectivity index (χ4n) is 2.49. The van der Waals surface area contributed by atoms with Crippen LogP contribution in [0.3, 0.4) is 0 Å². The van der Waals surface area contributed by atoms with Gasteiger partial charge in [-0.2, -0.15) is 5.26 Å². The predicted molar refractivity (Wildman–Crippen MR) is 97.4 cm³/mol. The van der Waals surface area contributed by atoms with Crippen LogP contribution in [0.2, 0.25) is 0 Å².